The molecule has 72 valence electrons. The monoisotopic (exact) mass is 248 g/mol. The predicted octanol–water partition coefficient (Wildman–Crippen LogP) is 2.91. The normalized spacial score (nSPS) is 9.92. The van der Waals surface area contributed by atoms with Crippen molar-refractivity contribution in [2.75, 3.05) is 14.2 Å². The molecule has 0 unspecified atom stereocenters. The Labute approximate surface area is 84.8 Å². The molecule has 0 aromatic heterocycles. The lowest BCUT2D eigenvalue weighted by Crippen LogP contribution is -1.96. The van der Waals surface area contributed by atoms with Gasteiger partial charge in [-0.3, -0.25) is 0 Å². The molecule has 0 aliphatic carbocycles. The van der Waals surface area contributed by atoms with E-state index in [1.165, 1.54) is 20.3 Å². The van der Waals surface area contributed by atoms with Gasteiger partial charge in [-0.15, -0.1) is 0 Å². The minimum Gasteiger partial charge on any atom is -0.492 e. The number of hydrogen-bond acceptors (Lipinski definition) is 2. The molecule has 0 saturated carbocycles. The van der Waals surface area contributed by atoms with Crippen molar-refractivity contribution in [2.24, 2.45) is 0 Å². The Hall–Kier alpha value is -0.770. The number of halogens is 2. The van der Waals surface area contributed by atoms with Gasteiger partial charge >= 0.3 is 0 Å². The molecule has 0 aliphatic heterocycles. The molecule has 0 spiro atoms. The number of hydrogen-bond donors (Lipinski definition) is 0. The maximum atomic E-state index is 13.3. The van der Waals surface area contributed by atoms with E-state index in [1.807, 2.05) is 0 Å². The lowest BCUT2D eigenvalue weighted by molar-refractivity contribution is 0.335. The molecule has 1 rings (SSSR count). The smallest absolute Gasteiger partial charge is 0.198 e. The van der Waals surface area contributed by atoms with Gasteiger partial charge in [-0.2, -0.15) is 0 Å². The zero-order valence-electron chi connectivity index (χ0n) is 7.65. The van der Waals surface area contributed by atoms with Crippen LogP contribution in [0, 0.1) is 12.7 Å². The first kappa shape index (κ1) is 10.3. The average molecular weight is 249 g/mol. The summed E-state index contributed by atoms with van der Waals surface area (Å²) in [5, 5.41) is 0. The van der Waals surface area contributed by atoms with Crippen LogP contribution in [-0.4, -0.2) is 14.2 Å². The molecule has 0 bridgehead atoms. The molecule has 0 radical (unpaired) electrons. The Morgan fingerprint density at radius 1 is 1.23 bits per heavy atom. The molecular weight excluding hydrogens is 239 g/mol. The Balaban J connectivity index is 3.41. The SMILES string of the molecule is COc1c(F)cc(C)c(Br)c1OC. The minimum absolute atomic E-state index is 0.125. The Morgan fingerprint density at radius 2 is 1.77 bits per heavy atom. The Bertz CT molecular complexity index is 326. The van der Waals surface area contributed by atoms with E-state index in [0.717, 1.165) is 5.56 Å². The molecule has 13 heavy (non-hydrogen) atoms. The van der Waals surface area contributed by atoms with Gasteiger partial charge in [-0.25, -0.2) is 4.39 Å². The van der Waals surface area contributed by atoms with Gasteiger partial charge in [0.25, 0.3) is 0 Å². The van der Waals surface area contributed by atoms with Crippen LogP contribution in [-0.2, 0) is 0 Å². The third-order valence-corrected chi connectivity index (χ3v) is 2.71. The predicted molar refractivity (Wildman–Crippen MR) is 51.9 cm³/mol. The maximum absolute atomic E-state index is 13.3. The number of benzene rings is 1. The third kappa shape index (κ3) is 1.77. The van der Waals surface area contributed by atoms with Crippen molar-refractivity contribution in [3.8, 4) is 11.5 Å². The summed E-state index contributed by atoms with van der Waals surface area (Å²) in [6, 6.07) is 1.39. The van der Waals surface area contributed by atoms with Gasteiger partial charge in [0.1, 0.15) is 0 Å². The van der Waals surface area contributed by atoms with Crippen molar-refractivity contribution in [1.82, 2.24) is 0 Å². The molecule has 0 heterocycles. The van der Waals surface area contributed by atoms with Crippen molar-refractivity contribution >= 4 is 15.9 Å². The highest BCUT2D eigenvalue weighted by molar-refractivity contribution is 9.10. The van der Waals surface area contributed by atoms with Crippen LogP contribution in [0.15, 0.2) is 10.5 Å². The van der Waals surface area contributed by atoms with Gasteiger partial charge in [-0.05, 0) is 34.5 Å². The Morgan fingerprint density at radius 3 is 2.23 bits per heavy atom. The van der Waals surface area contributed by atoms with Crippen molar-refractivity contribution < 1.29 is 13.9 Å². The summed E-state index contributed by atoms with van der Waals surface area (Å²) < 4.78 is 23.9. The largest absolute Gasteiger partial charge is 0.492 e. The van der Waals surface area contributed by atoms with Crippen molar-refractivity contribution in [3.63, 3.8) is 0 Å². The van der Waals surface area contributed by atoms with Crippen LogP contribution < -0.4 is 9.47 Å². The molecule has 1 aromatic carbocycles. The van der Waals surface area contributed by atoms with Gasteiger partial charge < -0.3 is 9.47 Å². The molecule has 1 aromatic rings. The summed E-state index contributed by atoms with van der Waals surface area (Å²) in [4.78, 5) is 0. The molecule has 0 atom stereocenters. The van der Waals surface area contributed by atoms with Gasteiger partial charge in [0.05, 0.1) is 18.7 Å². The van der Waals surface area contributed by atoms with E-state index in [-0.39, 0.29) is 5.75 Å². The minimum atomic E-state index is -0.417. The van der Waals surface area contributed by atoms with E-state index in [1.54, 1.807) is 6.92 Å². The van der Waals surface area contributed by atoms with Crippen LogP contribution in [0.3, 0.4) is 0 Å². The molecular formula is C9H10BrFO2. The van der Waals surface area contributed by atoms with Gasteiger partial charge in [0.15, 0.2) is 17.3 Å². The molecule has 0 fully saturated rings. The van der Waals surface area contributed by atoms with E-state index >= 15 is 0 Å². The van der Waals surface area contributed by atoms with E-state index < -0.39 is 5.82 Å². The van der Waals surface area contributed by atoms with Crippen LogP contribution in [0.25, 0.3) is 0 Å². The number of ether oxygens (including phenoxy) is 2. The van der Waals surface area contributed by atoms with Crippen LogP contribution in [0.5, 0.6) is 11.5 Å². The summed E-state index contributed by atoms with van der Waals surface area (Å²) >= 11 is 3.29. The maximum Gasteiger partial charge on any atom is 0.198 e. The van der Waals surface area contributed by atoms with Gasteiger partial charge in [-0.1, -0.05) is 0 Å². The van der Waals surface area contributed by atoms with E-state index in [2.05, 4.69) is 15.9 Å². The number of rotatable bonds is 2. The molecule has 2 nitrogen and oxygen atoms in total. The first-order chi connectivity index (χ1) is 6.11. The highest BCUT2D eigenvalue weighted by Crippen LogP contribution is 2.39. The van der Waals surface area contributed by atoms with Crippen molar-refractivity contribution in [1.29, 1.82) is 0 Å². The number of aryl methyl sites for hydroxylation is 1. The number of methoxy groups -OCH3 is 2. The standard InChI is InChI=1S/C9H10BrFO2/c1-5-4-6(11)8(12-2)9(13-3)7(5)10/h4H,1-3H3. The van der Waals surface area contributed by atoms with Gasteiger partial charge in [0.2, 0.25) is 0 Å². The Kier molecular flexibility index (Phi) is 3.14. The summed E-state index contributed by atoms with van der Waals surface area (Å²) in [7, 11) is 2.88. The quantitative estimate of drug-likeness (QED) is 0.802. The lowest BCUT2D eigenvalue weighted by atomic mass is 10.2. The first-order valence-corrected chi connectivity index (χ1v) is 4.47. The molecule has 0 N–H and O–H groups in total. The summed E-state index contributed by atoms with van der Waals surface area (Å²) in [5.74, 6) is 0.0972. The fourth-order valence-corrected chi connectivity index (χ4v) is 1.54. The fourth-order valence-electron chi connectivity index (χ4n) is 1.08. The highest BCUT2D eigenvalue weighted by Gasteiger charge is 2.15. The van der Waals surface area contributed by atoms with E-state index in [9.17, 15) is 4.39 Å². The van der Waals surface area contributed by atoms with E-state index in [0.29, 0.717) is 10.2 Å². The second-order valence-electron chi connectivity index (χ2n) is 2.56. The molecule has 0 saturated heterocycles. The lowest BCUT2D eigenvalue weighted by Gasteiger charge is -2.11. The second kappa shape index (κ2) is 3.96. The van der Waals surface area contributed by atoms with Crippen molar-refractivity contribution in [2.45, 2.75) is 6.92 Å². The van der Waals surface area contributed by atoms with E-state index in [4.69, 9.17) is 9.47 Å². The second-order valence-corrected chi connectivity index (χ2v) is 3.35. The summed E-state index contributed by atoms with van der Waals surface area (Å²) in [6.45, 7) is 1.79. The van der Waals surface area contributed by atoms with Crippen LogP contribution in [0.1, 0.15) is 5.56 Å². The molecule has 0 aliphatic rings. The summed E-state index contributed by atoms with van der Waals surface area (Å²) in [5.41, 5.74) is 0.773. The van der Waals surface area contributed by atoms with Crippen LogP contribution in [0.2, 0.25) is 0 Å². The van der Waals surface area contributed by atoms with Crippen molar-refractivity contribution in [3.05, 3.63) is 21.9 Å². The molecule has 4 heteroatoms. The zero-order chi connectivity index (χ0) is 10.0. The fraction of sp³-hybridized carbons (Fsp3) is 0.333. The van der Waals surface area contributed by atoms with Gasteiger partial charge in [0, 0.05) is 0 Å². The summed E-state index contributed by atoms with van der Waals surface area (Å²) in [6.07, 6.45) is 0. The van der Waals surface area contributed by atoms with Crippen LogP contribution in [0.4, 0.5) is 4.39 Å². The topological polar surface area (TPSA) is 18.5 Å². The van der Waals surface area contributed by atoms with Crippen LogP contribution >= 0.6 is 15.9 Å². The average Bonchev–Trinajstić information content (AvgIpc) is 2.10. The zero-order valence-corrected chi connectivity index (χ0v) is 9.24. The molecule has 0 amide bonds. The highest BCUT2D eigenvalue weighted by atomic mass is 79.9. The first-order valence-electron chi connectivity index (χ1n) is 3.68. The third-order valence-electron chi connectivity index (χ3n) is 1.72.